The maximum Gasteiger partial charge on any atom is 0.252 e. The third-order valence-corrected chi connectivity index (χ3v) is 2.23. The summed E-state index contributed by atoms with van der Waals surface area (Å²) in [6.07, 6.45) is 1.19. The molecule has 0 saturated carbocycles. The highest BCUT2D eigenvalue weighted by molar-refractivity contribution is 5.76. The second-order valence-electron chi connectivity index (χ2n) is 3.46. The molecule has 0 N–H and O–H groups in total. The molecule has 0 fully saturated rings. The van der Waals surface area contributed by atoms with Gasteiger partial charge in [0.1, 0.15) is 5.82 Å². The zero-order chi connectivity index (χ0) is 12.3. The molecule has 0 aliphatic heterocycles. The lowest BCUT2D eigenvalue weighted by Crippen LogP contribution is -2.00. The van der Waals surface area contributed by atoms with E-state index < -0.39 is 5.82 Å². The van der Waals surface area contributed by atoms with Gasteiger partial charge in [-0.15, -0.1) is 0 Å². The van der Waals surface area contributed by atoms with Crippen molar-refractivity contribution in [3.8, 4) is 0 Å². The Hall–Kier alpha value is -2.23. The van der Waals surface area contributed by atoms with Crippen molar-refractivity contribution in [2.45, 2.75) is 0 Å². The van der Waals surface area contributed by atoms with E-state index in [2.05, 4.69) is 0 Å². The number of para-hydroxylation sites is 1. The van der Waals surface area contributed by atoms with Crippen molar-refractivity contribution >= 4 is 11.9 Å². The first-order chi connectivity index (χ1) is 8.16. The Morgan fingerprint density at radius 1 is 0.941 bits per heavy atom. The lowest BCUT2D eigenvalue weighted by atomic mass is 10.2. The summed E-state index contributed by atoms with van der Waals surface area (Å²) in [4.78, 5) is 0. The molecule has 0 aliphatic carbocycles. The van der Waals surface area contributed by atoms with Crippen molar-refractivity contribution in [3.05, 3.63) is 70.9 Å². The summed E-state index contributed by atoms with van der Waals surface area (Å²) >= 11 is 0. The van der Waals surface area contributed by atoms with E-state index in [1.54, 1.807) is 6.07 Å². The normalized spacial score (nSPS) is 11.5. The van der Waals surface area contributed by atoms with Gasteiger partial charge in [-0.05, 0) is 30.3 Å². The van der Waals surface area contributed by atoms with Crippen molar-refractivity contribution in [2.24, 2.45) is 0 Å². The molecule has 0 heterocycles. The number of nitrogens with zero attached hydrogens (tertiary/aromatic N) is 1. The summed E-state index contributed by atoms with van der Waals surface area (Å²) in [5.41, 5.74) is 0.432. The predicted octanol–water partition coefficient (Wildman–Crippen LogP) is 3.23. The highest BCUT2D eigenvalue weighted by Crippen LogP contribution is 2.15. The van der Waals surface area contributed by atoms with E-state index in [9.17, 15) is 14.0 Å². The predicted molar refractivity (Wildman–Crippen MR) is 61.3 cm³/mol. The second-order valence-corrected chi connectivity index (χ2v) is 3.46. The van der Waals surface area contributed by atoms with Crippen LogP contribution >= 0.6 is 0 Å². The van der Waals surface area contributed by atoms with E-state index in [0.717, 1.165) is 0 Å². The zero-order valence-corrected chi connectivity index (χ0v) is 8.81. The minimum absolute atomic E-state index is 0.0724. The Balaban J connectivity index is 2.34. The van der Waals surface area contributed by atoms with Crippen LogP contribution < -0.4 is 0 Å². The fourth-order valence-electron chi connectivity index (χ4n) is 1.38. The fraction of sp³-hybridized carbons (Fsp3) is 0. The van der Waals surface area contributed by atoms with Gasteiger partial charge in [-0.25, -0.2) is 4.39 Å². The molecule has 2 nitrogen and oxygen atoms in total. The van der Waals surface area contributed by atoms with Gasteiger partial charge in [0, 0.05) is 11.6 Å². The Bertz CT molecular complexity index is 550. The first-order valence-electron chi connectivity index (χ1n) is 4.98. The SMILES string of the molecule is [O-][N+](=Cc1ccc(F)cc1)c1ccccc1F. The summed E-state index contributed by atoms with van der Waals surface area (Å²) in [7, 11) is 0. The van der Waals surface area contributed by atoms with E-state index in [0.29, 0.717) is 10.3 Å². The van der Waals surface area contributed by atoms with Crippen LogP contribution in [-0.2, 0) is 0 Å². The first-order valence-corrected chi connectivity index (χ1v) is 4.98. The van der Waals surface area contributed by atoms with Crippen molar-refractivity contribution in [1.29, 1.82) is 0 Å². The van der Waals surface area contributed by atoms with Crippen LogP contribution in [0.4, 0.5) is 14.5 Å². The summed E-state index contributed by atoms with van der Waals surface area (Å²) in [6, 6.07) is 11.0. The molecule has 86 valence electrons. The van der Waals surface area contributed by atoms with Crippen molar-refractivity contribution in [3.63, 3.8) is 0 Å². The van der Waals surface area contributed by atoms with Crippen LogP contribution in [0.15, 0.2) is 48.5 Å². The minimum atomic E-state index is -0.596. The number of benzene rings is 2. The Kier molecular flexibility index (Phi) is 3.14. The molecule has 0 bridgehead atoms. The van der Waals surface area contributed by atoms with Crippen LogP contribution in [0.3, 0.4) is 0 Å². The van der Waals surface area contributed by atoms with Gasteiger partial charge in [-0.3, -0.25) is 0 Å². The van der Waals surface area contributed by atoms with Crippen LogP contribution in [-0.4, -0.2) is 11.0 Å². The number of hydrogen-bond donors (Lipinski definition) is 0. The van der Waals surface area contributed by atoms with Gasteiger partial charge in [0.25, 0.3) is 5.69 Å². The molecule has 2 aromatic rings. The lowest BCUT2D eigenvalue weighted by molar-refractivity contribution is -0.357. The molecule has 2 aromatic carbocycles. The van der Waals surface area contributed by atoms with Crippen molar-refractivity contribution in [1.82, 2.24) is 0 Å². The van der Waals surface area contributed by atoms with Crippen LogP contribution in [0, 0.1) is 16.8 Å². The smallest absolute Gasteiger partial charge is 0.252 e. The maximum atomic E-state index is 13.3. The third kappa shape index (κ3) is 2.66. The molecule has 0 saturated heterocycles. The Morgan fingerprint density at radius 2 is 1.59 bits per heavy atom. The van der Waals surface area contributed by atoms with Gasteiger partial charge < -0.3 is 5.21 Å². The number of hydrogen-bond acceptors (Lipinski definition) is 1. The van der Waals surface area contributed by atoms with E-state index in [4.69, 9.17) is 0 Å². The van der Waals surface area contributed by atoms with Gasteiger partial charge in [-0.2, -0.15) is 9.13 Å². The molecule has 17 heavy (non-hydrogen) atoms. The second kappa shape index (κ2) is 4.74. The highest BCUT2D eigenvalue weighted by Gasteiger charge is 2.08. The van der Waals surface area contributed by atoms with Crippen LogP contribution in [0.25, 0.3) is 0 Å². The molecule has 2 rings (SSSR count). The fourth-order valence-corrected chi connectivity index (χ4v) is 1.38. The topological polar surface area (TPSA) is 26.1 Å². The molecule has 0 aliphatic rings. The maximum absolute atomic E-state index is 13.3. The van der Waals surface area contributed by atoms with E-state index in [-0.39, 0.29) is 11.5 Å². The molecule has 0 aromatic heterocycles. The number of halogens is 2. The molecule has 0 spiro atoms. The molecule has 0 atom stereocenters. The third-order valence-electron chi connectivity index (χ3n) is 2.23. The summed E-state index contributed by atoms with van der Waals surface area (Å²) in [5, 5.41) is 11.6. The first kappa shape index (κ1) is 11.3. The quantitative estimate of drug-likeness (QED) is 0.338. The highest BCUT2D eigenvalue weighted by atomic mass is 19.1. The molecule has 4 heteroatoms. The van der Waals surface area contributed by atoms with Crippen LogP contribution in [0.5, 0.6) is 0 Å². The average molecular weight is 233 g/mol. The average Bonchev–Trinajstić information content (AvgIpc) is 2.32. The van der Waals surface area contributed by atoms with E-state index in [1.807, 2.05) is 0 Å². The molecule has 0 radical (unpaired) electrons. The summed E-state index contributed by atoms with van der Waals surface area (Å²) in [6.45, 7) is 0. The van der Waals surface area contributed by atoms with E-state index >= 15 is 0 Å². The zero-order valence-electron chi connectivity index (χ0n) is 8.81. The summed E-state index contributed by atoms with van der Waals surface area (Å²) < 4.78 is 26.3. The minimum Gasteiger partial charge on any atom is -0.618 e. The van der Waals surface area contributed by atoms with Gasteiger partial charge >= 0.3 is 0 Å². The summed E-state index contributed by atoms with van der Waals surface area (Å²) in [5.74, 6) is -0.980. The molecular formula is C13H9F2NO. The van der Waals surface area contributed by atoms with Crippen molar-refractivity contribution in [2.75, 3.05) is 0 Å². The largest absolute Gasteiger partial charge is 0.618 e. The number of rotatable bonds is 2. The molecular weight excluding hydrogens is 224 g/mol. The van der Waals surface area contributed by atoms with Gasteiger partial charge in [0.15, 0.2) is 12.0 Å². The Morgan fingerprint density at radius 3 is 2.24 bits per heavy atom. The van der Waals surface area contributed by atoms with Crippen LogP contribution in [0.2, 0.25) is 0 Å². The Labute approximate surface area is 97.0 Å². The standard InChI is InChI=1S/C13H9F2NO/c14-11-7-5-10(6-8-11)9-16(17)13-4-2-1-3-12(13)15/h1-9H. The molecule has 0 amide bonds. The molecule has 0 unspecified atom stereocenters. The van der Waals surface area contributed by atoms with Crippen LogP contribution in [0.1, 0.15) is 5.56 Å². The lowest BCUT2D eigenvalue weighted by Gasteiger charge is -2.03. The van der Waals surface area contributed by atoms with E-state index in [1.165, 1.54) is 48.7 Å². The monoisotopic (exact) mass is 233 g/mol. The van der Waals surface area contributed by atoms with Gasteiger partial charge in [0.05, 0.1) is 0 Å². The van der Waals surface area contributed by atoms with Crippen molar-refractivity contribution < 1.29 is 13.5 Å². The van der Waals surface area contributed by atoms with Gasteiger partial charge in [-0.1, -0.05) is 12.1 Å². The van der Waals surface area contributed by atoms with Gasteiger partial charge in [0.2, 0.25) is 0 Å².